The summed E-state index contributed by atoms with van der Waals surface area (Å²) in [7, 11) is 0. The van der Waals surface area contributed by atoms with Crippen LogP contribution < -0.4 is 14.9 Å². The number of nitrogens with zero attached hydrogens (tertiary/aromatic N) is 1. The zero-order chi connectivity index (χ0) is 25.9. The van der Waals surface area contributed by atoms with E-state index in [1.165, 1.54) is 12.1 Å². The van der Waals surface area contributed by atoms with Crippen LogP contribution in [0.3, 0.4) is 0 Å². The lowest BCUT2D eigenvalue weighted by molar-refractivity contribution is 0.0526. The van der Waals surface area contributed by atoms with Crippen molar-refractivity contribution in [2.75, 3.05) is 19.9 Å². The summed E-state index contributed by atoms with van der Waals surface area (Å²) < 4.78 is 36.1. The van der Waals surface area contributed by atoms with Gasteiger partial charge in [0, 0.05) is 13.1 Å². The van der Waals surface area contributed by atoms with Crippen molar-refractivity contribution in [2.45, 2.75) is 26.8 Å². The molecule has 0 saturated carbocycles. The molecular formula is C29H26FNO6. The van der Waals surface area contributed by atoms with Gasteiger partial charge in [-0.15, -0.1) is 0 Å². The zero-order valence-electron chi connectivity index (χ0n) is 20.6. The maximum absolute atomic E-state index is 13.4. The van der Waals surface area contributed by atoms with Gasteiger partial charge in [-0.2, -0.15) is 0 Å². The molecule has 2 heterocycles. The van der Waals surface area contributed by atoms with E-state index in [1.807, 2.05) is 0 Å². The molecule has 37 heavy (non-hydrogen) atoms. The number of hydrogen-bond acceptors (Lipinski definition) is 7. The molecule has 1 aromatic heterocycles. The van der Waals surface area contributed by atoms with Gasteiger partial charge in [0.25, 0.3) is 0 Å². The Labute approximate surface area is 213 Å². The fraction of sp³-hybridized carbons (Fsp3) is 0.241. The van der Waals surface area contributed by atoms with Crippen LogP contribution in [0.2, 0.25) is 0 Å². The summed E-state index contributed by atoms with van der Waals surface area (Å²) in [5.74, 6) is 0.819. The molecule has 8 heteroatoms. The third-order valence-electron chi connectivity index (χ3n) is 6.24. The van der Waals surface area contributed by atoms with Crippen molar-refractivity contribution in [3.63, 3.8) is 0 Å². The highest BCUT2D eigenvalue weighted by atomic mass is 19.1. The van der Waals surface area contributed by atoms with Crippen molar-refractivity contribution in [1.82, 2.24) is 4.90 Å². The number of hydrogen-bond donors (Lipinski definition) is 0. The fourth-order valence-corrected chi connectivity index (χ4v) is 4.29. The number of esters is 1. The van der Waals surface area contributed by atoms with Gasteiger partial charge >= 0.3 is 5.97 Å². The summed E-state index contributed by atoms with van der Waals surface area (Å²) in [5, 5.41) is 0.395. The number of benzene rings is 3. The first-order chi connectivity index (χ1) is 17.9. The number of aryl methyl sites for hydroxylation is 1. The molecule has 0 N–H and O–H groups in total. The van der Waals surface area contributed by atoms with Crippen molar-refractivity contribution < 1.29 is 27.8 Å². The molecule has 1 aliphatic rings. The largest absolute Gasteiger partial charge is 0.478 e. The van der Waals surface area contributed by atoms with Crippen LogP contribution in [0.15, 0.2) is 69.9 Å². The van der Waals surface area contributed by atoms with E-state index in [4.69, 9.17) is 18.6 Å². The van der Waals surface area contributed by atoms with Crippen LogP contribution >= 0.6 is 0 Å². The SMILES string of the molecule is CCOC(=O)c1ccc(Oc2c(C)oc3c4c(ccc3c2=O)OCN(CCc2ccc(F)cc2)C4)cc1. The quantitative estimate of drug-likeness (QED) is 0.304. The molecule has 0 amide bonds. The molecule has 0 saturated heterocycles. The monoisotopic (exact) mass is 503 g/mol. The minimum atomic E-state index is -0.422. The highest BCUT2D eigenvalue weighted by molar-refractivity contribution is 5.89. The highest BCUT2D eigenvalue weighted by Gasteiger charge is 2.24. The lowest BCUT2D eigenvalue weighted by Crippen LogP contribution is -2.33. The zero-order valence-corrected chi connectivity index (χ0v) is 20.6. The lowest BCUT2D eigenvalue weighted by Gasteiger charge is -2.29. The summed E-state index contributed by atoms with van der Waals surface area (Å²) in [6.45, 7) is 5.37. The molecule has 7 nitrogen and oxygen atoms in total. The maximum atomic E-state index is 13.4. The number of fused-ring (bicyclic) bond motifs is 3. The first-order valence-electron chi connectivity index (χ1n) is 12.1. The summed E-state index contributed by atoms with van der Waals surface area (Å²) in [6, 6.07) is 16.3. The van der Waals surface area contributed by atoms with Gasteiger partial charge in [-0.1, -0.05) is 12.1 Å². The topological polar surface area (TPSA) is 78.2 Å². The highest BCUT2D eigenvalue weighted by Crippen LogP contribution is 2.34. The second-order valence-corrected chi connectivity index (χ2v) is 8.78. The van der Waals surface area contributed by atoms with E-state index in [9.17, 15) is 14.0 Å². The molecule has 0 radical (unpaired) electrons. The van der Waals surface area contributed by atoms with E-state index >= 15 is 0 Å². The van der Waals surface area contributed by atoms with Crippen LogP contribution in [0.4, 0.5) is 4.39 Å². The number of carbonyl (C=O) groups is 1. The predicted molar refractivity (Wildman–Crippen MR) is 136 cm³/mol. The van der Waals surface area contributed by atoms with Gasteiger partial charge in [-0.05, 0) is 74.4 Å². The average Bonchev–Trinajstić information content (AvgIpc) is 2.91. The number of ether oxygens (including phenoxy) is 3. The van der Waals surface area contributed by atoms with E-state index in [2.05, 4.69) is 4.90 Å². The Kier molecular flexibility index (Phi) is 6.92. The maximum Gasteiger partial charge on any atom is 0.338 e. The van der Waals surface area contributed by atoms with E-state index in [1.54, 1.807) is 62.4 Å². The fourth-order valence-electron chi connectivity index (χ4n) is 4.29. The minimum Gasteiger partial charge on any atom is -0.478 e. The van der Waals surface area contributed by atoms with Crippen molar-refractivity contribution in [3.05, 3.63) is 99.2 Å². The van der Waals surface area contributed by atoms with E-state index in [0.29, 0.717) is 53.6 Å². The lowest BCUT2D eigenvalue weighted by atomic mass is 10.1. The van der Waals surface area contributed by atoms with Gasteiger partial charge < -0.3 is 18.6 Å². The van der Waals surface area contributed by atoms with Gasteiger partial charge in [0.15, 0.2) is 0 Å². The van der Waals surface area contributed by atoms with Crippen molar-refractivity contribution in [2.24, 2.45) is 0 Å². The van der Waals surface area contributed by atoms with Crippen LogP contribution in [0, 0.1) is 12.7 Å². The molecule has 0 unspecified atom stereocenters. The Morgan fingerprint density at radius 3 is 2.54 bits per heavy atom. The third-order valence-corrected chi connectivity index (χ3v) is 6.24. The third kappa shape index (κ3) is 5.20. The Hall–Kier alpha value is -4.17. The Morgan fingerprint density at radius 2 is 1.81 bits per heavy atom. The van der Waals surface area contributed by atoms with E-state index in [0.717, 1.165) is 17.5 Å². The molecule has 3 aromatic carbocycles. The Bertz CT molecular complexity index is 1490. The smallest absolute Gasteiger partial charge is 0.338 e. The Morgan fingerprint density at radius 1 is 1.05 bits per heavy atom. The van der Waals surface area contributed by atoms with Gasteiger partial charge in [0.1, 0.15) is 35.4 Å². The van der Waals surface area contributed by atoms with E-state index < -0.39 is 5.97 Å². The van der Waals surface area contributed by atoms with Crippen LogP contribution in [0.25, 0.3) is 11.0 Å². The second kappa shape index (κ2) is 10.4. The molecule has 1 aliphatic heterocycles. The van der Waals surface area contributed by atoms with Crippen molar-refractivity contribution in [1.29, 1.82) is 0 Å². The van der Waals surface area contributed by atoms with Gasteiger partial charge in [0.05, 0.1) is 23.1 Å². The van der Waals surface area contributed by atoms with Gasteiger partial charge in [0.2, 0.25) is 11.2 Å². The minimum absolute atomic E-state index is 0.0845. The van der Waals surface area contributed by atoms with Crippen LogP contribution in [-0.2, 0) is 17.7 Å². The summed E-state index contributed by atoms with van der Waals surface area (Å²) >= 11 is 0. The summed E-state index contributed by atoms with van der Waals surface area (Å²) in [5.41, 5.74) is 2.40. The Balaban J connectivity index is 1.38. The molecule has 0 fully saturated rings. The van der Waals surface area contributed by atoms with Crippen molar-refractivity contribution >= 4 is 16.9 Å². The summed E-state index contributed by atoms with van der Waals surface area (Å²) in [4.78, 5) is 27.4. The number of halogens is 1. The molecule has 0 aliphatic carbocycles. The molecule has 0 spiro atoms. The number of carbonyl (C=O) groups excluding carboxylic acids is 1. The molecule has 190 valence electrons. The summed E-state index contributed by atoms with van der Waals surface area (Å²) in [6.07, 6.45) is 0.736. The van der Waals surface area contributed by atoms with Gasteiger partial charge in [-0.25, -0.2) is 9.18 Å². The van der Waals surface area contributed by atoms with E-state index in [-0.39, 0.29) is 23.6 Å². The van der Waals surface area contributed by atoms with Crippen LogP contribution in [0.1, 0.15) is 34.2 Å². The van der Waals surface area contributed by atoms with Crippen LogP contribution in [-0.4, -0.2) is 30.8 Å². The van der Waals surface area contributed by atoms with Crippen molar-refractivity contribution in [3.8, 4) is 17.2 Å². The predicted octanol–water partition coefficient (Wildman–Crippen LogP) is 5.60. The first kappa shape index (κ1) is 24.5. The average molecular weight is 504 g/mol. The first-order valence-corrected chi connectivity index (χ1v) is 12.1. The molecule has 0 bridgehead atoms. The normalized spacial score (nSPS) is 13.2. The second-order valence-electron chi connectivity index (χ2n) is 8.78. The molecule has 0 atom stereocenters. The molecule has 5 rings (SSSR count). The molecule has 4 aromatic rings. The standard InChI is InChI=1S/C29H26FNO6/c1-3-34-29(33)20-6-10-22(11-7-20)37-27-18(2)36-28-23(26(27)32)12-13-25-24(28)16-31(17-35-25)15-14-19-4-8-21(30)9-5-19/h4-13H,3,14-17H2,1-2H3. The van der Waals surface area contributed by atoms with Crippen LogP contribution in [0.5, 0.6) is 17.2 Å². The number of rotatable bonds is 7. The molecular weight excluding hydrogens is 477 g/mol. The van der Waals surface area contributed by atoms with Gasteiger partial charge in [-0.3, -0.25) is 9.69 Å².